The van der Waals surface area contributed by atoms with Crippen LogP contribution in [0.1, 0.15) is 37.8 Å². The molecule has 1 aliphatic heterocycles. The predicted octanol–water partition coefficient (Wildman–Crippen LogP) is 3.67. The Morgan fingerprint density at radius 1 is 1.41 bits per heavy atom. The van der Waals surface area contributed by atoms with Crippen molar-refractivity contribution in [3.63, 3.8) is 0 Å². The van der Waals surface area contributed by atoms with Gasteiger partial charge < -0.3 is 10.1 Å². The average molecular weight is 298 g/mol. The average Bonchev–Trinajstić information content (AvgIpc) is 2.38. The molecular formula is C14H20BrNO. The zero-order valence-electron chi connectivity index (χ0n) is 10.3. The molecule has 1 aliphatic rings. The summed E-state index contributed by atoms with van der Waals surface area (Å²) in [6.07, 6.45) is 4.11. The van der Waals surface area contributed by atoms with Gasteiger partial charge in [-0.2, -0.15) is 0 Å². The smallest absolute Gasteiger partial charge is 0.0699 e. The minimum Gasteiger partial charge on any atom is -0.377 e. The standard InChI is InChI=1S/C14H20BrNO/c1-11(13-7-2-3-8-14(13)15)16-10-12-6-4-5-9-17-12/h2-3,7-8,11-12,16H,4-6,9-10H2,1H3/t11-,12?/m1/s1. The van der Waals surface area contributed by atoms with Crippen LogP contribution < -0.4 is 5.32 Å². The molecule has 1 aromatic carbocycles. The van der Waals surface area contributed by atoms with Gasteiger partial charge >= 0.3 is 0 Å². The fourth-order valence-corrected chi connectivity index (χ4v) is 2.84. The lowest BCUT2D eigenvalue weighted by Gasteiger charge is -2.25. The second kappa shape index (κ2) is 6.53. The van der Waals surface area contributed by atoms with Crippen LogP contribution in [0.25, 0.3) is 0 Å². The Balaban J connectivity index is 1.84. The summed E-state index contributed by atoms with van der Waals surface area (Å²) in [4.78, 5) is 0. The molecule has 1 heterocycles. The molecular weight excluding hydrogens is 278 g/mol. The van der Waals surface area contributed by atoms with Crippen LogP contribution in [0.4, 0.5) is 0 Å². The minimum absolute atomic E-state index is 0.358. The maximum atomic E-state index is 5.72. The normalized spacial score (nSPS) is 22.4. The zero-order chi connectivity index (χ0) is 12.1. The third-order valence-corrected chi connectivity index (χ3v) is 4.02. The van der Waals surface area contributed by atoms with Gasteiger partial charge in [0.25, 0.3) is 0 Å². The van der Waals surface area contributed by atoms with E-state index >= 15 is 0 Å². The van der Waals surface area contributed by atoms with Gasteiger partial charge in [0.15, 0.2) is 0 Å². The summed E-state index contributed by atoms with van der Waals surface area (Å²) in [5.74, 6) is 0. The molecule has 94 valence electrons. The van der Waals surface area contributed by atoms with E-state index in [0.29, 0.717) is 12.1 Å². The molecule has 1 saturated heterocycles. The van der Waals surface area contributed by atoms with Crippen LogP contribution in [0.5, 0.6) is 0 Å². The number of halogens is 1. The van der Waals surface area contributed by atoms with Crippen LogP contribution in [0.2, 0.25) is 0 Å². The van der Waals surface area contributed by atoms with Crippen molar-refractivity contribution in [2.24, 2.45) is 0 Å². The van der Waals surface area contributed by atoms with Gasteiger partial charge in [0.2, 0.25) is 0 Å². The number of ether oxygens (including phenoxy) is 1. The predicted molar refractivity (Wildman–Crippen MR) is 74.2 cm³/mol. The molecule has 2 atom stereocenters. The summed E-state index contributed by atoms with van der Waals surface area (Å²) < 4.78 is 6.89. The molecule has 0 radical (unpaired) electrons. The molecule has 0 bridgehead atoms. The lowest BCUT2D eigenvalue weighted by atomic mass is 10.1. The zero-order valence-corrected chi connectivity index (χ0v) is 11.9. The van der Waals surface area contributed by atoms with E-state index in [0.717, 1.165) is 13.2 Å². The highest BCUT2D eigenvalue weighted by atomic mass is 79.9. The minimum atomic E-state index is 0.358. The first kappa shape index (κ1) is 13.1. The number of rotatable bonds is 4. The molecule has 0 aromatic heterocycles. The molecule has 0 amide bonds. The van der Waals surface area contributed by atoms with E-state index in [1.807, 2.05) is 6.07 Å². The van der Waals surface area contributed by atoms with Crippen LogP contribution >= 0.6 is 15.9 Å². The van der Waals surface area contributed by atoms with Crippen LogP contribution in [-0.2, 0) is 4.74 Å². The Hall–Kier alpha value is -0.380. The van der Waals surface area contributed by atoms with E-state index in [4.69, 9.17) is 4.74 Å². The number of hydrogen-bond acceptors (Lipinski definition) is 2. The van der Waals surface area contributed by atoms with Gasteiger partial charge in [-0.3, -0.25) is 0 Å². The van der Waals surface area contributed by atoms with Crippen molar-refractivity contribution in [3.8, 4) is 0 Å². The Morgan fingerprint density at radius 3 is 2.94 bits per heavy atom. The highest BCUT2D eigenvalue weighted by Gasteiger charge is 2.15. The van der Waals surface area contributed by atoms with Crippen molar-refractivity contribution in [1.82, 2.24) is 5.32 Å². The van der Waals surface area contributed by atoms with Crippen molar-refractivity contribution >= 4 is 15.9 Å². The molecule has 0 spiro atoms. The first-order valence-corrected chi connectivity index (χ1v) is 7.16. The molecule has 2 rings (SSSR count). The summed E-state index contributed by atoms with van der Waals surface area (Å²) in [6.45, 7) is 4.07. The first-order valence-electron chi connectivity index (χ1n) is 6.37. The topological polar surface area (TPSA) is 21.3 Å². The van der Waals surface area contributed by atoms with Crippen molar-refractivity contribution in [2.45, 2.75) is 38.3 Å². The number of hydrogen-bond donors (Lipinski definition) is 1. The van der Waals surface area contributed by atoms with E-state index < -0.39 is 0 Å². The summed E-state index contributed by atoms with van der Waals surface area (Å²) in [5, 5.41) is 3.55. The fraction of sp³-hybridized carbons (Fsp3) is 0.571. The van der Waals surface area contributed by atoms with Crippen molar-refractivity contribution in [1.29, 1.82) is 0 Å². The molecule has 1 aromatic rings. The van der Waals surface area contributed by atoms with Crippen LogP contribution in [-0.4, -0.2) is 19.3 Å². The lowest BCUT2D eigenvalue weighted by molar-refractivity contribution is 0.0156. The Kier molecular flexibility index (Phi) is 5.01. The summed E-state index contributed by atoms with van der Waals surface area (Å²) in [5.41, 5.74) is 1.31. The second-order valence-electron chi connectivity index (χ2n) is 4.64. The highest BCUT2D eigenvalue weighted by molar-refractivity contribution is 9.10. The molecule has 0 saturated carbocycles. The van der Waals surface area contributed by atoms with Crippen molar-refractivity contribution in [2.75, 3.05) is 13.2 Å². The molecule has 2 nitrogen and oxygen atoms in total. The van der Waals surface area contributed by atoms with E-state index in [2.05, 4.69) is 46.4 Å². The molecule has 1 N–H and O–H groups in total. The van der Waals surface area contributed by atoms with Gasteiger partial charge in [-0.15, -0.1) is 0 Å². The molecule has 3 heteroatoms. The maximum Gasteiger partial charge on any atom is 0.0699 e. The van der Waals surface area contributed by atoms with Crippen molar-refractivity contribution < 1.29 is 4.74 Å². The van der Waals surface area contributed by atoms with Gasteiger partial charge in [0, 0.05) is 23.7 Å². The second-order valence-corrected chi connectivity index (χ2v) is 5.49. The highest BCUT2D eigenvalue weighted by Crippen LogP contribution is 2.23. The third kappa shape index (κ3) is 3.80. The summed E-state index contributed by atoms with van der Waals surface area (Å²) in [6, 6.07) is 8.73. The summed E-state index contributed by atoms with van der Waals surface area (Å²) >= 11 is 3.59. The van der Waals surface area contributed by atoms with Crippen LogP contribution in [0.15, 0.2) is 28.7 Å². The van der Waals surface area contributed by atoms with Crippen LogP contribution in [0.3, 0.4) is 0 Å². The monoisotopic (exact) mass is 297 g/mol. The number of benzene rings is 1. The van der Waals surface area contributed by atoms with Gasteiger partial charge in [0.05, 0.1) is 6.10 Å². The van der Waals surface area contributed by atoms with E-state index in [1.54, 1.807) is 0 Å². The molecule has 1 fully saturated rings. The summed E-state index contributed by atoms with van der Waals surface area (Å²) in [7, 11) is 0. The largest absolute Gasteiger partial charge is 0.377 e. The van der Waals surface area contributed by atoms with Crippen molar-refractivity contribution in [3.05, 3.63) is 34.3 Å². The quantitative estimate of drug-likeness (QED) is 0.916. The molecule has 17 heavy (non-hydrogen) atoms. The number of nitrogens with one attached hydrogen (secondary N) is 1. The van der Waals surface area contributed by atoms with Gasteiger partial charge in [-0.25, -0.2) is 0 Å². The Morgan fingerprint density at radius 2 is 2.24 bits per heavy atom. The van der Waals surface area contributed by atoms with E-state index in [9.17, 15) is 0 Å². The molecule has 0 aliphatic carbocycles. The van der Waals surface area contributed by atoms with Gasteiger partial charge in [-0.1, -0.05) is 34.1 Å². The third-order valence-electron chi connectivity index (χ3n) is 3.30. The van der Waals surface area contributed by atoms with E-state index in [-0.39, 0.29) is 0 Å². The maximum absolute atomic E-state index is 5.72. The van der Waals surface area contributed by atoms with Crippen LogP contribution in [0, 0.1) is 0 Å². The fourth-order valence-electron chi connectivity index (χ4n) is 2.21. The lowest BCUT2D eigenvalue weighted by Crippen LogP contribution is -2.33. The van der Waals surface area contributed by atoms with E-state index in [1.165, 1.54) is 29.3 Å². The van der Waals surface area contributed by atoms with Gasteiger partial charge in [-0.05, 0) is 37.8 Å². The SMILES string of the molecule is C[C@@H](NCC1CCCCO1)c1ccccc1Br. The Bertz CT molecular complexity index is 350. The Labute approximate surface area is 112 Å². The molecule has 1 unspecified atom stereocenters. The first-order chi connectivity index (χ1) is 8.27. The van der Waals surface area contributed by atoms with Gasteiger partial charge in [0.1, 0.15) is 0 Å².